The standard InChI is InChI=1S/C16H18Cl2N2O3S/c17-12-5-3-6-13(18)16(12)24(21,22)19-11-14(15-7-4-10-23-15)20-8-1-2-9-20/h3-7,10,14,19H,1-2,8-9,11H2. The topological polar surface area (TPSA) is 62.6 Å². The van der Waals surface area contributed by atoms with Crippen LogP contribution in [0.5, 0.6) is 0 Å². The third-order valence-corrected chi connectivity index (χ3v) is 6.49. The molecule has 0 spiro atoms. The predicted octanol–water partition coefficient (Wildman–Crippen LogP) is 3.70. The molecular weight excluding hydrogens is 371 g/mol. The highest BCUT2D eigenvalue weighted by Gasteiger charge is 2.28. The largest absolute Gasteiger partial charge is 0.468 e. The Morgan fingerprint density at radius 1 is 1.12 bits per heavy atom. The molecular formula is C16H18Cl2N2O3S. The van der Waals surface area contributed by atoms with Crippen LogP contribution in [0.2, 0.25) is 10.0 Å². The van der Waals surface area contributed by atoms with Gasteiger partial charge in [-0.3, -0.25) is 4.90 Å². The van der Waals surface area contributed by atoms with Gasteiger partial charge in [0.05, 0.1) is 22.4 Å². The van der Waals surface area contributed by atoms with E-state index in [4.69, 9.17) is 27.6 Å². The SMILES string of the molecule is O=S(=O)(NCC(c1ccco1)N1CCCC1)c1c(Cl)cccc1Cl. The van der Waals surface area contributed by atoms with E-state index in [-0.39, 0.29) is 27.5 Å². The van der Waals surface area contributed by atoms with E-state index in [1.54, 1.807) is 18.4 Å². The maximum Gasteiger partial charge on any atom is 0.243 e. The Labute approximate surface area is 151 Å². The second-order valence-corrected chi connectivity index (χ2v) is 8.20. The Hall–Kier alpha value is -1.05. The monoisotopic (exact) mass is 388 g/mol. The summed E-state index contributed by atoms with van der Waals surface area (Å²) in [7, 11) is -3.82. The van der Waals surface area contributed by atoms with Gasteiger partial charge in [-0.2, -0.15) is 0 Å². The first-order chi connectivity index (χ1) is 11.5. The Kier molecular flexibility index (Phi) is 5.52. The lowest BCUT2D eigenvalue weighted by Gasteiger charge is -2.26. The van der Waals surface area contributed by atoms with Gasteiger partial charge in [0.15, 0.2) is 0 Å². The van der Waals surface area contributed by atoms with E-state index in [1.165, 1.54) is 12.1 Å². The molecule has 0 amide bonds. The maximum absolute atomic E-state index is 12.6. The van der Waals surface area contributed by atoms with E-state index in [9.17, 15) is 8.42 Å². The van der Waals surface area contributed by atoms with Gasteiger partial charge in [0.25, 0.3) is 0 Å². The fourth-order valence-electron chi connectivity index (χ4n) is 2.94. The van der Waals surface area contributed by atoms with Crippen LogP contribution in [-0.4, -0.2) is 33.0 Å². The van der Waals surface area contributed by atoms with Crippen LogP contribution in [0.15, 0.2) is 45.9 Å². The molecule has 0 aliphatic carbocycles. The van der Waals surface area contributed by atoms with Crippen molar-refractivity contribution in [3.63, 3.8) is 0 Å². The molecule has 1 N–H and O–H groups in total. The molecule has 2 heterocycles. The summed E-state index contributed by atoms with van der Waals surface area (Å²) in [6.07, 6.45) is 3.79. The molecule has 1 aliphatic heterocycles. The molecule has 24 heavy (non-hydrogen) atoms. The lowest BCUT2D eigenvalue weighted by Crippen LogP contribution is -2.36. The molecule has 1 atom stereocenters. The molecule has 2 aromatic rings. The summed E-state index contributed by atoms with van der Waals surface area (Å²) >= 11 is 12.0. The molecule has 1 aromatic carbocycles. The highest BCUT2D eigenvalue weighted by Crippen LogP contribution is 2.30. The third kappa shape index (κ3) is 3.78. The molecule has 0 bridgehead atoms. The van der Waals surface area contributed by atoms with Crippen LogP contribution < -0.4 is 4.72 Å². The van der Waals surface area contributed by atoms with Crippen LogP contribution in [0, 0.1) is 0 Å². The molecule has 0 saturated carbocycles. The number of sulfonamides is 1. The van der Waals surface area contributed by atoms with Gasteiger partial charge in [-0.25, -0.2) is 13.1 Å². The lowest BCUT2D eigenvalue weighted by atomic mass is 10.2. The van der Waals surface area contributed by atoms with E-state index in [1.807, 2.05) is 6.07 Å². The average molecular weight is 389 g/mol. The molecule has 8 heteroatoms. The van der Waals surface area contributed by atoms with E-state index in [2.05, 4.69) is 9.62 Å². The van der Waals surface area contributed by atoms with Crippen molar-refractivity contribution >= 4 is 33.2 Å². The molecule has 1 unspecified atom stereocenters. The van der Waals surface area contributed by atoms with Crippen molar-refractivity contribution in [1.29, 1.82) is 0 Å². The summed E-state index contributed by atoms with van der Waals surface area (Å²) in [5.74, 6) is 0.741. The number of halogens is 2. The highest BCUT2D eigenvalue weighted by molar-refractivity contribution is 7.89. The third-order valence-electron chi connectivity index (χ3n) is 4.11. The molecule has 5 nitrogen and oxygen atoms in total. The van der Waals surface area contributed by atoms with Gasteiger partial charge in [0, 0.05) is 6.54 Å². The summed E-state index contributed by atoms with van der Waals surface area (Å²) in [5.41, 5.74) is 0. The van der Waals surface area contributed by atoms with Gasteiger partial charge in [0.1, 0.15) is 10.7 Å². The fraction of sp³-hybridized carbons (Fsp3) is 0.375. The molecule has 1 aliphatic rings. The Bertz CT molecular complexity index is 767. The first kappa shape index (κ1) is 17.8. The van der Waals surface area contributed by atoms with Crippen molar-refractivity contribution in [2.45, 2.75) is 23.8 Å². The molecule has 1 saturated heterocycles. The van der Waals surface area contributed by atoms with Crippen molar-refractivity contribution in [3.05, 3.63) is 52.4 Å². The van der Waals surface area contributed by atoms with Crippen LogP contribution in [0.4, 0.5) is 0 Å². The van der Waals surface area contributed by atoms with Gasteiger partial charge in [-0.15, -0.1) is 0 Å². The summed E-state index contributed by atoms with van der Waals surface area (Å²) in [4.78, 5) is 2.13. The van der Waals surface area contributed by atoms with Crippen LogP contribution in [-0.2, 0) is 10.0 Å². The van der Waals surface area contributed by atoms with Crippen LogP contribution in [0.3, 0.4) is 0 Å². The van der Waals surface area contributed by atoms with Gasteiger partial charge < -0.3 is 4.42 Å². The van der Waals surface area contributed by atoms with E-state index in [0.29, 0.717) is 0 Å². The van der Waals surface area contributed by atoms with Crippen molar-refractivity contribution < 1.29 is 12.8 Å². The second-order valence-electron chi connectivity index (χ2n) is 5.68. The van der Waals surface area contributed by atoms with Crippen molar-refractivity contribution in [2.24, 2.45) is 0 Å². The first-order valence-electron chi connectivity index (χ1n) is 7.70. The van der Waals surface area contributed by atoms with Crippen LogP contribution >= 0.6 is 23.2 Å². The minimum Gasteiger partial charge on any atom is -0.468 e. The number of rotatable bonds is 6. The average Bonchev–Trinajstić information content (AvgIpc) is 3.20. The number of benzene rings is 1. The van der Waals surface area contributed by atoms with Crippen molar-refractivity contribution in [2.75, 3.05) is 19.6 Å². The maximum atomic E-state index is 12.6. The Morgan fingerprint density at radius 3 is 2.38 bits per heavy atom. The van der Waals surface area contributed by atoms with E-state index in [0.717, 1.165) is 31.7 Å². The smallest absolute Gasteiger partial charge is 0.243 e. The molecule has 1 fully saturated rings. The number of nitrogens with zero attached hydrogens (tertiary/aromatic N) is 1. The van der Waals surface area contributed by atoms with Gasteiger partial charge in [-0.1, -0.05) is 29.3 Å². The minimum atomic E-state index is -3.82. The summed E-state index contributed by atoms with van der Waals surface area (Å²) < 4.78 is 33.4. The zero-order valence-electron chi connectivity index (χ0n) is 12.9. The zero-order chi connectivity index (χ0) is 17.2. The van der Waals surface area contributed by atoms with Gasteiger partial charge in [0.2, 0.25) is 10.0 Å². The summed E-state index contributed by atoms with van der Waals surface area (Å²) in [5, 5.41) is 0.205. The van der Waals surface area contributed by atoms with Crippen molar-refractivity contribution in [1.82, 2.24) is 9.62 Å². The summed E-state index contributed by atoms with van der Waals surface area (Å²) in [6.45, 7) is 2.03. The minimum absolute atomic E-state index is 0.0899. The zero-order valence-corrected chi connectivity index (χ0v) is 15.2. The number of nitrogens with one attached hydrogen (secondary N) is 1. The molecule has 130 valence electrons. The summed E-state index contributed by atoms with van der Waals surface area (Å²) in [6, 6.07) is 8.13. The van der Waals surface area contributed by atoms with Gasteiger partial charge >= 0.3 is 0 Å². The number of hydrogen-bond acceptors (Lipinski definition) is 4. The number of hydrogen-bond donors (Lipinski definition) is 1. The van der Waals surface area contributed by atoms with Crippen LogP contribution in [0.25, 0.3) is 0 Å². The predicted molar refractivity (Wildman–Crippen MR) is 93.9 cm³/mol. The number of furan rings is 1. The van der Waals surface area contributed by atoms with Crippen molar-refractivity contribution in [3.8, 4) is 0 Å². The van der Waals surface area contributed by atoms with Gasteiger partial charge in [-0.05, 0) is 50.2 Å². The first-order valence-corrected chi connectivity index (χ1v) is 9.94. The lowest BCUT2D eigenvalue weighted by molar-refractivity contribution is 0.216. The second kappa shape index (κ2) is 7.45. The highest BCUT2D eigenvalue weighted by atomic mass is 35.5. The molecule has 1 aromatic heterocycles. The quantitative estimate of drug-likeness (QED) is 0.819. The number of likely N-dealkylation sites (tertiary alicyclic amines) is 1. The van der Waals surface area contributed by atoms with Crippen LogP contribution in [0.1, 0.15) is 24.6 Å². The molecule has 0 radical (unpaired) electrons. The normalized spacial score (nSPS) is 17.2. The fourth-order valence-corrected chi connectivity index (χ4v) is 5.12. The van der Waals surface area contributed by atoms with E-state index >= 15 is 0 Å². The molecule has 3 rings (SSSR count). The Balaban J connectivity index is 1.81. The van der Waals surface area contributed by atoms with E-state index < -0.39 is 10.0 Å². The Morgan fingerprint density at radius 2 is 1.79 bits per heavy atom.